The largest absolute Gasteiger partial charge is 0.322 e. The normalized spacial score (nSPS) is 12.0. The Bertz CT molecular complexity index is 613. The van der Waals surface area contributed by atoms with Gasteiger partial charge in [0.05, 0.1) is 10.7 Å². The van der Waals surface area contributed by atoms with Crippen molar-refractivity contribution in [3.8, 4) is 0 Å². The van der Waals surface area contributed by atoms with E-state index in [9.17, 15) is 9.18 Å². The van der Waals surface area contributed by atoms with Gasteiger partial charge in [-0.15, -0.1) is 0 Å². The van der Waals surface area contributed by atoms with E-state index in [1.165, 1.54) is 6.07 Å². The van der Waals surface area contributed by atoms with Crippen LogP contribution in [0.5, 0.6) is 0 Å². The molecule has 104 valence electrons. The van der Waals surface area contributed by atoms with E-state index in [2.05, 4.69) is 21.2 Å². The third-order valence-electron chi connectivity index (χ3n) is 2.70. The average molecular weight is 358 g/mol. The standard InChI is InChI=1S/C14H11BrClFN2O/c15-10-6-9(17)7-11(16)13(10)19-14(20)12(18)8-4-2-1-3-5-8/h1-7,12H,18H2,(H,19,20)/t12-/m1/s1. The number of benzene rings is 2. The summed E-state index contributed by atoms with van der Waals surface area (Å²) in [5.41, 5.74) is 6.85. The fourth-order valence-corrected chi connectivity index (χ4v) is 2.57. The molecule has 0 radical (unpaired) electrons. The van der Waals surface area contributed by atoms with Gasteiger partial charge in [0.15, 0.2) is 0 Å². The van der Waals surface area contributed by atoms with Crippen LogP contribution in [0.15, 0.2) is 46.9 Å². The highest BCUT2D eigenvalue weighted by Gasteiger charge is 2.18. The van der Waals surface area contributed by atoms with Crippen molar-refractivity contribution in [1.29, 1.82) is 0 Å². The quantitative estimate of drug-likeness (QED) is 0.876. The van der Waals surface area contributed by atoms with Crippen LogP contribution in [0.2, 0.25) is 5.02 Å². The van der Waals surface area contributed by atoms with Gasteiger partial charge in [0.25, 0.3) is 0 Å². The Hall–Kier alpha value is -1.43. The second-order valence-corrected chi connectivity index (χ2v) is 5.38. The van der Waals surface area contributed by atoms with E-state index in [1.54, 1.807) is 24.3 Å². The monoisotopic (exact) mass is 356 g/mol. The van der Waals surface area contributed by atoms with E-state index in [0.29, 0.717) is 15.7 Å². The predicted molar refractivity (Wildman–Crippen MR) is 81.1 cm³/mol. The first-order valence-corrected chi connectivity index (χ1v) is 6.92. The van der Waals surface area contributed by atoms with Gasteiger partial charge in [-0.25, -0.2) is 4.39 Å². The van der Waals surface area contributed by atoms with E-state index in [-0.39, 0.29) is 5.02 Å². The van der Waals surface area contributed by atoms with Crippen molar-refractivity contribution in [2.24, 2.45) is 5.73 Å². The third kappa shape index (κ3) is 3.36. The summed E-state index contributed by atoms with van der Waals surface area (Å²) in [7, 11) is 0. The van der Waals surface area contributed by atoms with Crippen LogP contribution in [-0.4, -0.2) is 5.91 Å². The van der Waals surface area contributed by atoms with Gasteiger partial charge in [-0.3, -0.25) is 4.79 Å². The number of hydrogen-bond acceptors (Lipinski definition) is 2. The fourth-order valence-electron chi connectivity index (χ4n) is 1.67. The van der Waals surface area contributed by atoms with Gasteiger partial charge >= 0.3 is 0 Å². The highest BCUT2D eigenvalue weighted by Crippen LogP contribution is 2.32. The van der Waals surface area contributed by atoms with Crippen molar-refractivity contribution >= 4 is 39.1 Å². The molecule has 0 heterocycles. The first-order chi connectivity index (χ1) is 9.49. The molecule has 20 heavy (non-hydrogen) atoms. The third-order valence-corrected chi connectivity index (χ3v) is 3.62. The van der Waals surface area contributed by atoms with Crippen LogP contribution in [0.1, 0.15) is 11.6 Å². The summed E-state index contributed by atoms with van der Waals surface area (Å²) >= 11 is 9.06. The lowest BCUT2D eigenvalue weighted by Gasteiger charge is -2.14. The van der Waals surface area contributed by atoms with Crippen LogP contribution >= 0.6 is 27.5 Å². The van der Waals surface area contributed by atoms with Gasteiger partial charge in [0, 0.05) is 4.47 Å². The number of rotatable bonds is 3. The van der Waals surface area contributed by atoms with Crippen LogP contribution in [0, 0.1) is 5.82 Å². The molecule has 0 aromatic heterocycles. The molecule has 6 heteroatoms. The molecule has 3 nitrogen and oxygen atoms in total. The summed E-state index contributed by atoms with van der Waals surface area (Å²) in [4.78, 5) is 12.1. The number of halogens is 3. The second-order valence-electron chi connectivity index (χ2n) is 4.12. The number of carbonyl (C=O) groups is 1. The van der Waals surface area contributed by atoms with Gasteiger partial charge in [0.2, 0.25) is 5.91 Å². The van der Waals surface area contributed by atoms with Gasteiger partial charge in [0.1, 0.15) is 11.9 Å². The minimum Gasteiger partial charge on any atom is -0.322 e. The van der Waals surface area contributed by atoms with E-state index in [4.69, 9.17) is 17.3 Å². The van der Waals surface area contributed by atoms with Gasteiger partial charge in [-0.1, -0.05) is 41.9 Å². The van der Waals surface area contributed by atoms with Crippen LogP contribution in [0.4, 0.5) is 10.1 Å². The number of nitrogens with two attached hydrogens (primary N) is 1. The summed E-state index contributed by atoms with van der Waals surface area (Å²) in [5.74, 6) is -0.919. The molecular formula is C14H11BrClFN2O. The first kappa shape index (κ1) is 15.0. The lowest BCUT2D eigenvalue weighted by molar-refractivity contribution is -0.117. The Morgan fingerprint density at radius 2 is 1.95 bits per heavy atom. The fraction of sp³-hybridized carbons (Fsp3) is 0.0714. The SMILES string of the molecule is N[C@@H](C(=O)Nc1c(Cl)cc(F)cc1Br)c1ccccc1. The van der Waals surface area contributed by atoms with Crippen LogP contribution < -0.4 is 11.1 Å². The highest BCUT2D eigenvalue weighted by molar-refractivity contribution is 9.10. The van der Waals surface area contributed by atoms with Crippen molar-refractivity contribution < 1.29 is 9.18 Å². The summed E-state index contributed by atoms with van der Waals surface area (Å²) in [6.45, 7) is 0. The van der Waals surface area contributed by atoms with Crippen molar-refractivity contribution in [3.05, 3.63) is 63.3 Å². The molecule has 2 aromatic rings. The van der Waals surface area contributed by atoms with Crippen molar-refractivity contribution in [2.45, 2.75) is 6.04 Å². The maximum Gasteiger partial charge on any atom is 0.245 e. The Morgan fingerprint density at radius 3 is 2.55 bits per heavy atom. The zero-order valence-corrected chi connectivity index (χ0v) is 12.6. The smallest absolute Gasteiger partial charge is 0.245 e. The van der Waals surface area contributed by atoms with Crippen LogP contribution in [0.25, 0.3) is 0 Å². The number of nitrogens with one attached hydrogen (secondary N) is 1. The van der Waals surface area contributed by atoms with E-state index in [1.807, 2.05) is 6.07 Å². The number of carbonyl (C=O) groups excluding carboxylic acids is 1. The molecule has 0 aliphatic rings. The Labute approximate surface area is 129 Å². The molecule has 2 rings (SSSR count). The Balaban J connectivity index is 2.20. The highest BCUT2D eigenvalue weighted by atomic mass is 79.9. The molecule has 0 fully saturated rings. The zero-order chi connectivity index (χ0) is 14.7. The summed E-state index contributed by atoms with van der Waals surface area (Å²) in [5, 5.41) is 2.70. The maximum atomic E-state index is 13.1. The van der Waals surface area contributed by atoms with Crippen LogP contribution in [-0.2, 0) is 4.79 Å². The van der Waals surface area contributed by atoms with Gasteiger partial charge in [-0.05, 0) is 33.6 Å². The van der Waals surface area contributed by atoms with Gasteiger partial charge < -0.3 is 11.1 Å². The molecule has 0 spiro atoms. The molecule has 1 atom stereocenters. The van der Waals surface area contributed by atoms with Crippen molar-refractivity contribution in [2.75, 3.05) is 5.32 Å². The molecule has 0 saturated carbocycles. The maximum absolute atomic E-state index is 13.1. The Kier molecular flexibility index (Phi) is 4.75. The van der Waals surface area contributed by atoms with E-state index < -0.39 is 17.8 Å². The first-order valence-electron chi connectivity index (χ1n) is 5.75. The van der Waals surface area contributed by atoms with E-state index >= 15 is 0 Å². The Morgan fingerprint density at radius 1 is 1.30 bits per heavy atom. The summed E-state index contributed by atoms with van der Waals surface area (Å²) in [6.07, 6.45) is 0. The molecule has 0 bridgehead atoms. The molecule has 0 saturated heterocycles. The zero-order valence-electron chi connectivity index (χ0n) is 10.2. The topological polar surface area (TPSA) is 55.1 Å². The lowest BCUT2D eigenvalue weighted by atomic mass is 10.1. The lowest BCUT2D eigenvalue weighted by Crippen LogP contribution is -2.28. The number of amides is 1. The summed E-state index contributed by atoms with van der Waals surface area (Å²) < 4.78 is 13.5. The minimum absolute atomic E-state index is 0.102. The predicted octanol–water partition coefficient (Wildman–Crippen LogP) is 3.88. The molecule has 2 aromatic carbocycles. The molecule has 0 aliphatic heterocycles. The molecule has 3 N–H and O–H groups in total. The molecule has 1 amide bonds. The molecule has 0 unspecified atom stereocenters. The average Bonchev–Trinajstić information content (AvgIpc) is 2.42. The summed E-state index contributed by atoms with van der Waals surface area (Å²) in [6, 6.07) is 10.4. The number of hydrogen-bond donors (Lipinski definition) is 2. The number of anilines is 1. The molecular weight excluding hydrogens is 347 g/mol. The molecule has 0 aliphatic carbocycles. The van der Waals surface area contributed by atoms with Crippen LogP contribution in [0.3, 0.4) is 0 Å². The van der Waals surface area contributed by atoms with Crippen molar-refractivity contribution in [1.82, 2.24) is 0 Å². The minimum atomic E-state index is -0.829. The van der Waals surface area contributed by atoms with E-state index in [0.717, 1.165) is 6.07 Å². The van der Waals surface area contributed by atoms with Crippen molar-refractivity contribution in [3.63, 3.8) is 0 Å². The second kappa shape index (κ2) is 6.35. The van der Waals surface area contributed by atoms with Gasteiger partial charge in [-0.2, -0.15) is 0 Å².